The van der Waals surface area contributed by atoms with E-state index in [1.807, 2.05) is 18.2 Å². The summed E-state index contributed by atoms with van der Waals surface area (Å²) in [5.74, 6) is 1.17. The van der Waals surface area contributed by atoms with Crippen LogP contribution >= 0.6 is 0 Å². The third-order valence-corrected chi connectivity index (χ3v) is 7.09. The summed E-state index contributed by atoms with van der Waals surface area (Å²) in [4.78, 5) is 16.1. The normalized spacial score (nSPS) is 21.9. The van der Waals surface area contributed by atoms with Crippen molar-refractivity contribution in [3.8, 4) is 17.4 Å². The molecule has 1 saturated carbocycles. The number of hydrogen-bond acceptors (Lipinski definition) is 9. The summed E-state index contributed by atoms with van der Waals surface area (Å²) in [7, 11) is -3.46. The summed E-state index contributed by atoms with van der Waals surface area (Å²) >= 11 is 0. The van der Waals surface area contributed by atoms with Crippen molar-refractivity contribution in [1.29, 1.82) is 0 Å². The van der Waals surface area contributed by atoms with E-state index in [2.05, 4.69) is 25.1 Å². The van der Waals surface area contributed by atoms with Crippen LogP contribution in [0.15, 0.2) is 24.4 Å². The van der Waals surface area contributed by atoms with Crippen molar-refractivity contribution < 1.29 is 17.9 Å². The predicted octanol–water partition coefficient (Wildman–Crippen LogP) is 1.48. The van der Waals surface area contributed by atoms with Gasteiger partial charge in [0.1, 0.15) is 6.10 Å². The highest BCUT2D eigenvalue weighted by Gasteiger charge is 2.27. The number of fused-ring (bicyclic) bond motifs is 1. The van der Waals surface area contributed by atoms with E-state index in [0.29, 0.717) is 38.1 Å². The molecule has 0 bridgehead atoms. The second-order valence-corrected chi connectivity index (χ2v) is 10.2. The molecule has 12 heteroatoms. The maximum atomic E-state index is 11.4. The monoisotopic (exact) mass is 473 g/mol. The van der Waals surface area contributed by atoms with E-state index in [9.17, 15) is 8.42 Å². The summed E-state index contributed by atoms with van der Waals surface area (Å²) in [5.41, 5.74) is 1.75. The zero-order valence-corrected chi connectivity index (χ0v) is 19.0. The number of ether oxygens (including phenoxy) is 2. The molecule has 3 N–H and O–H groups in total. The Balaban J connectivity index is 1.41. The van der Waals surface area contributed by atoms with Crippen molar-refractivity contribution in [1.82, 2.24) is 25.1 Å². The minimum absolute atomic E-state index is 0.0194. The summed E-state index contributed by atoms with van der Waals surface area (Å²) in [6.45, 7) is 2.61. The van der Waals surface area contributed by atoms with Gasteiger partial charge >= 0.3 is 6.01 Å². The predicted molar refractivity (Wildman–Crippen MR) is 122 cm³/mol. The molecule has 3 heterocycles. The third kappa shape index (κ3) is 5.23. The number of aromatic nitrogens is 5. The molecule has 3 aromatic rings. The van der Waals surface area contributed by atoms with Crippen LogP contribution in [0.25, 0.3) is 22.3 Å². The van der Waals surface area contributed by atoms with Gasteiger partial charge in [-0.15, -0.1) is 0 Å². The molecule has 1 saturated heterocycles. The van der Waals surface area contributed by atoms with Crippen molar-refractivity contribution in [2.45, 2.75) is 31.8 Å². The number of hydrogen-bond donors (Lipinski definition) is 2. The zero-order valence-electron chi connectivity index (χ0n) is 18.2. The maximum Gasteiger partial charge on any atom is 0.322 e. The number of nitrogens with zero attached hydrogens (tertiary/aromatic N) is 5. The summed E-state index contributed by atoms with van der Waals surface area (Å²) in [6, 6.07) is 6.12. The van der Waals surface area contributed by atoms with Gasteiger partial charge in [0.05, 0.1) is 30.7 Å². The van der Waals surface area contributed by atoms with E-state index < -0.39 is 10.0 Å². The van der Waals surface area contributed by atoms with Crippen LogP contribution in [0.3, 0.4) is 0 Å². The first-order valence-electron chi connectivity index (χ1n) is 11.1. The lowest BCUT2D eigenvalue weighted by Gasteiger charge is -2.29. The lowest BCUT2D eigenvalue weighted by molar-refractivity contribution is 0.119. The number of aromatic amines is 1. The van der Waals surface area contributed by atoms with Crippen molar-refractivity contribution in [2.24, 2.45) is 11.1 Å². The highest BCUT2D eigenvalue weighted by Crippen LogP contribution is 2.30. The van der Waals surface area contributed by atoms with Gasteiger partial charge in [0.15, 0.2) is 5.82 Å². The SMILES string of the molecule is NS(=O)(=O)CC1CCC(Oc2nc(-c3cccc4[nH]ncc34)nc(N3CCOCC3)n2)CC1. The molecule has 33 heavy (non-hydrogen) atoms. The second kappa shape index (κ2) is 9.20. The summed E-state index contributed by atoms with van der Waals surface area (Å²) < 4.78 is 34.5. The van der Waals surface area contributed by atoms with Crippen LogP contribution in [0.5, 0.6) is 6.01 Å². The fourth-order valence-corrected chi connectivity index (χ4v) is 5.47. The number of nitrogens with two attached hydrogens (primary N) is 1. The summed E-state index contributed by atoms with van der Waals surface area (Å²) in [5, 5.41) is 13.3. The van der Waals surface area contributed by atoms with Crippen molar-refractivity contribution in [2.75, 3.05) is 37.0 Å². The number of sulfonamides is 1. The Morgan fingerprint density at radius 2 is 1.91 bits per heavy atom. The highest BCUT2D eigenvalue weighted by molar-refractivity contribution is 7.89. The average Bonchev–Trinajstić information content (AvgIpc) is 3.29. The molecule has 0 amide bonds. The molecule has 176 valence electrons. The lowest BCUT2D eigenvalue weighted by atomic mass is 9.89. The Morgan fingerprint density at radius 3 is 2.67 bits per heavy atom. The molecule has 1 aliphatic heterocycles. The molecule has 2 aliphatic rings. The molecule has 1 aliphatic carbocycles. The largest absolute Gasteiger partial charge is 0.460 e. The van der Waals surface area contributed by atoms with Crippen LogP contribution in [0.4, 0.5) is 5.95 Å². The lowest BCUT2D eigenvalue weighted by Crippen LogP contribution is -2.37. The smallest absolute Gasteiger partial charge is 0.322 e. The molecule has 2 aromatic heterocycles. The topological polar surface area (TPSA) is 149 Å². The number of primary sulfonamides is 1. The first-order valence-corrected chi connectivity index (χ1v) is 12.8. The molecule has 2 fully saturated rings. The second-order valence-electron chi connectivity index (χ2n) is 8.57. The van der Waals surface area contributed by atoms with Crippen LogP contribution in [0, 0.1) is 5.92 Å². The molecule has 0 spiro atoms. The van der Waals surface area contributed by atoms with E-state index in [1.54, 1.807) is 6.20 Å². The Bertz CT molecular complexity index is 1220. The van der Waals surface area contributed by atoms with E-state index >= 15 is 0 Å². The Hall–Kier alpha value is -2.83. The van der Waals surface area contributed by atoms with Crippen molar-refractivity contribution in [3.63, 3.8) is 0 Å². The van der Waals surface area contributed by atoms with Gasteiger partial charge in [-0.2, -0.15) is 20.1 Å². The first kappa shape index (κ1) is 22.0. The quantitative estimate of drug-likeness (QED) is 0.543. The van der Waals surface area contributed by atoms with Gasteiger partial charge in [0.25, 0.3) is 0 Å². The van der Waals surface area contributed by atoms with Gasteiger partial charge in [0.2, 0.25) is 16.0 Å². The van der Waals surface area contributed by atoms with E-state index in [1.165, 1.54) is 0 Å². The molecule has 11 nitrogen and oxygen atoms in total. The van der Waals surface area contributed by atoms with Crippen LogP contribution < -0.4 is 14.8 Å². The van der Waals surface area contributed by atoms with Gasteiger partial charge < -0.3 is 14.4 Å². The standard InChI is InChI=1S/C21H27N7O4S/c22-33(29,30)13-14-4-6-15(7-5-14)32-21-25-19(16-2-1-3-18-17(16)12-23-27-18)24-20(26-21)28-8-10-31-11-9-28/h1-3,12,14-15H,4-11,13H2,(H,23,27)(H2,22,29,30). The van der Waals surface area contributed by atoms with Crippen LogP contribution in [0.1, 0.15) is 25.7 Å². The van der Waals surface area contributed by atoms with Gasteiger partial charge in [-0.1, -0.05) is 12.1 Å². The van der Waals surface area contributed by atoms with Gasteiger partial charge in [-0.3, -0.25) is 5.10 Å². The molecule has 1 aromatic carbocycles. The minimum atomic E-state index is -3.46. The maximum absolute atomic E-state index is 11.4. The summed E-state index contributed by atoms with van der Waals surface area (Å²) in [6.07, 6.45) is 4.61. The number of benzene rings is 1. The molecule has 0 atom stereocenters. The first-order chi connectivity index (χ1) is 15.9. The number of morpholine rings is 1. The highest BCUT2D eigenvalue weighted by atomic mass is 32.2. The zero-order chi connectivity index (χ0) is 22.8. The van der Waals surface area contributed by atoms with Crippen LogP contribution in [-0.2, 0) is 14.8 Å². The molecule has 0 unspecified atom stereocenters. The molecular weight excluding hydrogens is 446 g/mol. The van der Waals surface area contributed by atoms with E-state index in [4.69, 9.17) is 19.6 Å². The van der Waals surface area contributed by atoms with Crippen LogP contribution in [0.2, 0.25) is 0 Å². The molecular formula is C21H27N7O4S. The number of H-pyrrole nitrogens is 1. The van der Waals surface area contributed by atoms with Crippen LogP contribution in [-0.4, -0.2) is 71.7 Å². The number of anilines is 1. The van der Waals surface area contributed by atoms with E-state index in [-0.39, 0.29) is 23.8 Å². The fourth-order valence-electron chi connectivity index (χ4n) is 4.48. The number of rotatable bonds is 6. The molecule has 5 rings (SSSR count). The Labute approximate surface area is 191 Å². The van der Waals surface area contributed by atoms with Crippen molar-refractivity contribution >= 4 is 26.9 Å². The molecule has 0 radical (unpaired) electrons. The number of nitrogens with one attached hydrogen (secondary N) is 1. The third-order valence-electron chi connectivity index (χ3n) is 6.16. The van der Waals surface area contributed by atoms with Crippen molar-refractivity contribution in [3.05, 3.63) is 24.4 Å². The van der Waals surface area contributed by atoms with Gasteiger partial charge in [0, 0.05) is 24.0 Å². The Kier molecular flexibility index (Phi) is 6.13. The fraction of sp³-hybridized carbons (Fsp3) is 0.524. The van der Waals surface area contributed by atoms with Gasteiger partial charge in [-0.05, 0) is 37.7 Å². The van der Waals surface area contributed by atoms with Gasteiger partial charge in [-0.25, -0.2) is 13.6 Å². The minimum Gasteiger partial charge on any atom is -0.460 e. The Morgan fingerprint density at radius 1 is 1.12 bits per heavy atom. The van der Waals surface area contributed by atoms with E-state index in [0.717, 1.165) is 42.1 Å². The average molecular weight is 474 g/mol.